The van der Waals surface area contributed by atoms with E-state index in [2.05, 4.69) is 11.0 Å². The fraction of sp³-hybridized carbons (Fsp3) is 0.750. The molecule has 5 atom stereocenters. The van der Waals surface area contributed by atoms with Gasteiger partial charge in [-0.05, 0) is 56.1 Å². The van der Waals surface area contributed by atoms with Gasteiger partial charge in [0.05, 0.1) is 4.88 Å². The summed E-state index contributed by atoms with van der Waals surface area (Å²) in [5, 5.41) is 0. The van der Waals surface area contributed by atoms with Crippen LogP contribution in [0.2, 0.25) is 0 Å². The Morgan fingerprint density at radius 1 is 1.24 bits per heavy atom. The van der Waals surface area contributed by atoms with E-state index in [1.54, 1.807) is 11.3 Å². The first-order chi connectivity index (χ1) is 12.1. The van der Waals surface area contributed by atoms with Crippen molar-refractivity contribution in [3.8, 4) is 0 Å². The topological polar surface area (TPSA) is 55.6 Å². The molecule has 0 radical (unpaired) electrons. The summed E-state index contributed by atoms with van der Waals surface area (Å²) in [7, 11) is 1.87. The molecular formula is C20H28N2O2S. The number of likely N-dealkylation sites (tertiary alicyclic amines) is 1. The van der Waals surface area contributed by atoms with Crippen molar-refractivity contribution >= 4 is 17.2 Å². The molecule has 5 rings (SSSR count). The number of piperidine rings is 1. The van der Waals surface area contributed by atoms with Gasteiger partial charge in [-0.1, -0.05) is 6.42 Å². The van der Waals surface area contributed by atoms with Gasteiger partial charge in [-0.15, -0.1) is 11.3 Å². The number of fused-ring (bicyclic) bond motifs is 3. The SMILES string of the molecule is COC1(c2ccc(C(N)=O)s2)C2CCCC1CN(C1CC3CCC31)C2. The molecule has 5 heteroatoms. The molecule has 5 unspecified atom stereocenters. The number of methoxy groups -OCH3 is 1. The number of carbonyl (C=O) groups excluding carboxylic acids is 1. The fourth-order valence-electron chi connectivity index (χ4n) is 6.36. The maximum absolute atomic E-state index is 11.6. The molecular weight excluding hydrogens is 332 g/mol. The Balaban J connectivity index is 1.44. The first-order valence-electron chi connectivity index (χ1n) is 9.82. The standard InChI is InChI=1S/C20H28N2O2S/c1-24-20(18-8-7-17(25-18)19(21)23)13-3-2-4-14(20)11-22(10-13)16-9-12-5-6-15(12)16/h7-8,12-16H,2-6,9-11H2,1H3,(H2,21,23). The third-order valence-electron chi connectivity index (χ3n) is 7.78. The second-order valence-corrected chi connectivity index (χ2v) is 9.69. The van der Waals surface area contributed by atoms with E-state index in [9.17, 15) is 4.79 Å². The minimum Gasteiger partial charge on any atom is -0.372 e. The molecule has 4 nitrogen and oxygen atoms in total. The van der Waals surface area contributed by atoms with Crippen molar-refractivity contribution < 1.29 is 9.53 Å². The van der Waals surface area contributed by atoms with Gasteiger partial charge in [-0.25, -0.2) is 0 Å². The molecule has 1 aromatic rings. The molecule has 25 heavy (non-hydrogen) atoms. The van der Waals surface area contributed by atoms with Crippen LogP contribution in [-0.2, 0) is 10.3 Å². The van der Waals surface area contributed by atoms with E-state index in [1.165, 1.54) is 43.4 Å². The van der Waals surface area contributed by atoms with Crippen LogP contribution in [0.15, 0.2) is 12.1 Å². The van der Waals surface area contributed by atoms with Gasteiger partial charge < -0.3 is 10.5 Å². The number of nitrogens with zero attached hydrogens (tertiary/aromatic N) is 1. The molecule has 1 aliphatic heterocycles. The molecule has 0 aromatic carbocycles. The van der Waals surface area contributed by atoms with Crippen molar-refractivity contribution in [3.63, 3.8) is 0 Å². The monoisotopic (exact) mass is 360 g/mol. The van der Waals surface area contributed by atoms with E-state index in [4.69, 9.17) is 10.5 Å². The molecule has 1 amide bonds. The normalized spacial score (nSPS) is 43.0. The Kier molecular flexibility index (Phi) is 3.77. The minimum atomic E-state index is -0.324. The summed E-state index contributed by atoms with van der Waals surface area (Å²) in [5.74, 6) is 2.76. The van der Waals surface area contributed by atoms with E-state index in [0.717, 1.165) is 31.0 Å². The first-order valence-corrected chi connectivity index (χ1v) is 10.6. The van der Waals surface area contributed by atoms with Crippen LogP contribution >= 0.6 is 11.3 Å². The first kappa shape index (κ1) is 16.3. The van der Waals surface area contributed by atoms with Crippen LogP contribution in [0.3, 0.4) is 0 Å². The van der Waals surface area contributed by atoms with Crippen molar-refractivity contribution in [1.29, 1.82) is 0 Å². The van der Waals surface area contributed by atoms with Crippen LogP contribution in [-0.4, -0.2) is 37.0 Å². The van der Waals surface area contributed by atoms with Gasteiger partial charge in [0.2, 0.25) is 0 Å². The van der Waals surface area contributed by atoms with E-state index in [-0.39, 0.29) is 11.5 Å². The number of amides is 1. The molecule has 0 spiro atoms. The van der Waals surface area contributed by atoms with Crippen LogP contribution in [0.25, 0.3) is 0 Å². The average molecular weight is 361 g/mol. The van der Waals surface area contributed by atoms with Gasteiger partial charge in [-0.2, -0.15) is 0 Å². The zero-order chi connectivity index (χ0) is 17.2. The van der Waals surface area contributed by atoms with Crippen molar-refractivity contribution in [2.75, 3.05) is 20.2 Å². The molecule has 2 heterocycles. The van der Waals surface area contributed by atoms with Crippen LogP contribution in [0.4, 0.5) is 0 Å². The third kappa shape index (κ3) is 2.22. The Labute approximate surface area is 153 Å². The molecule has 3 saturated carbocycles. The second kappa shape index (κ2) is 5.80. The fourth-order valence-corrected chi connectivity index (χ4v) is 7.54. The van der Waals surface area contributed by atoms with E-state index >= 15 is 0 Å². The zero-order valence-electron chi connectivity index (χ0n) is 14.9. The Hall–Kier alpha value is -0.910. The number of primary amides is 1. The van der Waals surface area contributed by atoms with Crippen molar-refractivity contribution in [1.82, 2.24) is 4.90 Å². The number of rotatable bonds is 4. The van der Waals surface area contributed by atoms with E-state index in [1.807, 2.05) is 13.2 Å². The summed E-state index contributed by atoms with van der Waals surface area (Å²) in [6, 6.07) is 4.82. The van der Waals surface area contributed by atoms with Gasteiger partial charge in [0.1, 0.15) is 5.60 Å². The van der Waals surface area contributed by atoms with E-state index < -0.39 is 0 Å². The number of hydrogen-bond donors (Lipinski definition) is 1. The highest BCUT2D eigenvalue weighted by atomic mass is 32.1. The maximum atomic E-state index is 11.6. The molecule has 4 fully saturated rings. The van der Waals surface area contributed by atoms with Gasteiger partial charge in [0, 0.05) is 43.0 Å². The predicted molar refractivity (Wildman–Crippen MR) is 98.5 cm³/mol. The minimum absolute atomic E-state index is 0.212. The lowest BCUT2D eigenvalue weighted by molar-refractivity contribution is -0.191. The predicted octanol–water partition coefficient (Wildman–Crippen LogP) is 3.22. The average Bonchev–Trinajstić information content (AvgIpc) is 3.06. The number of ether oxygens (including phenoxy) is 1. The highest BCUT2D eigenvalue weighted by Gasteiger charge is 2.57. The lowest BCUT2D eigenvalue weighted by Gasteiger charge is -2.62. The summed E-state index contributed by atoms with van der Waals surface area (Å²) < 4.78 is 6.30. The summed E-state index contributed by atoms with van der Waals surface area (Å²) in [6.07, 6.45) is 8.10. The van der Waals surface area contributed by atoms with Gasteiger partial charge in [0.25, 0.3) is 5.91 Å². The quantitative estimate of drug-likeness (QED) is 0.897. The second-order valence-electron chi connectivity index (χ2n) is 8.61. The van der Waals surface area contributed by atoms with Crippen LogP contribution in [0, 0.1) is 23.7 Å². The Morgan fingerprint density at radius 2 is 2.00 bits per heavy atom. The molecule has 1 aromatic heterocycles. The number of nitrogens with two attached hydrogens (primary N) is 1. The molecule has 2 bridgehead atoms. The summed E-state index contributed by atoms with van der Waals surface area (Å²) in [6.45, 7) is 2.31. The molecule has 3 aliphatic carbocycles. The third-order valence-corrected chi connectivity index (χ3v) is 9.02. The number of hydrogen-bond acceptors (Lipinski definition) is 4. The molecule has 4 aliphatic rings. The largest absolute Gasteiger partial charge is 0.372 e. The highest BCUT2D eigenvalue weighted by molar-refractivity contribution is 7.14. The van der Waals surface area contributed by atoms with Crippen molar-refractivity contribution in [2.45, 2.75) is 50.2 Å². The Bertz CT molecular complexity index is 673. The van der Waals surface area contributed by atoms with Gasteiger partial charge >= 0.3 is 0 Å². The molecule has 136 valence electrons. The Morgan fingerprint density at radius 3 is 2.48 bits per heavy atom. The van der Waals surface area contributed by atoms with Crippen molar-refractivity contribution in [3.05, 3.63) is 21.9 Å². The van der Waals surface area contributed by atoms with Crippen LogP contribution in [0.5, 0.6) is 0 Å². The van der Waals surface area contributed by atoms with Gasteiger partial charge in [-0.3, -0.25) is 9.69 Å². The maximum Gasteiger partial charge on any atom is 0.258 e. The van der Waals surface area contributed by atoms with Crippen LogP contribution < -0.4 is 5.73 Å². The molecule has 2 N–H and O–H groups in total. The highest BCUT2D eigenvalue weighted by Crippen LogP contribution is 2.57. The van der Waals surface area contributed by atoms with Crippen molar-refractivity contribution in [2.24, 2.45) is 29.4 Å². The lowest BCUT2D eigenvalue weighted by Crippen LogP contribution is -2.65. The lowest BCUT2D eigenvalue weighted by atomic mass is 9.55. The number of thiophene rings is 1. The smallest absolute Gasteiger partial charge is 0.258 e. The zero-order valence-corrected chi connectivity index (χ0v) is 15.8. The van der Waals surface area contributed by atoms with Crippen LogP contribution in [0.1, 0.15) is 53.1 Å². The van der Waals surface area contributed by atoms with E-state index in [0.29, 0.717) is 16.7 Å². The number of carbonyl (C=O) groups is 1. The molecule has 1 saturated heterocycles. The summed E-state index contributed by atoms with van der Waals surface area (Å²) in [4.78, 5) is 16.3. The summed E-state index contributed by atoms with van der Waals surface area (Å²) in [5.41, 5.74) is 5.29. The summed E-state index contributed by atoms with van der Waals surface area (Å²) >= 11 is 1.55. The van der Waals surface area contributed by atoms with Gasteiger partial charge in [0.15, 0.2) is 0 Å².